The van der Waals surface area contributed by atoms with Crippen molar-refractivity contribution in [1.82, 2.24) is 23.7 Å². The fourth-order valence-corrected chi connectivity index (χ4v) is 2.99. The van der Waals surface area contributed by atoms with E-state index in [0.717, 1.165) is 23.1 Å². The maximum Gasteiger partial charge on any atom is 0.332 e. The first-order valence-corrected chi connectivity index (χ1v) is 8.42. The molecule has 0 saturated heterocycles. The number of aryl methyl sites for hydroxylation is 1. The van der Waals surface area contributed by atoms with E-state index in [9.17, 15) is 9.59 Å². The molecule has 3 heterocycles. The van der Waals surface area contributed by atoms with Crippen molar-refractivity contribution in [2.45, 2.75) is 38.1 Å². The smallest absolute Gasteiger partial charge is 0.305 e. The van der Waals surface area contributed by atoms with E-state index in [-0.39, 0.29) is 5.88 Å². The van der Waals surface area contributed by atoms with Crippen molar-refractivity contribution in [3.8, 4) is 5.69 Å². The van der Waals surface area contributed by atoms with Crippen LogP contribution in [0.2, 0.25) is 0 Å². The Morgan fingerprint density at radius 2 is 2.04 bits per heavy atom. The summed E-state index contributed by atoms with van der Waals surface area (Å²) in [5.41, 5.74) is 1.73. The zero-order chi connectivity index (χ0) is 16.8. The average molecular weight is 346 g/mol. The maximum atomic E-state index is 12.5. The quantitative estimate of drug-likeness (QED) is 0.532. The van der Waals surface area contributed by atoms with E-state index in [1.165, 1.54) is 10.9 Å². The normalized spacial score (nSPS) is 14.4. The average Bonchev–Trinajstić information content (AvgIpc) is 3.35. The number of pyridine rings is 1. The van der Waals surface area contributed by atoms with E-state index in [1.54, 1.807) is 6.92 Å². The highest BCUT2D eigenvalue weighted by Gasteiger charge is 2.26. The largest absolute Gasteiger partial charge is 0.332 e. The van der Waals surface area contributed by atoms with Crippen LogP contribution in [0.4, 0.5) is 0 Å². The molecule has 1 aliphatic carbocycles. The highest BCUT2D eigenvalue weighted by Crippen LogP contribution is 2.40. The molecular weight excluding hydrogens is 330 g/mol. The second-order valence-corrected chi connectivity index (χ2v) is 6.22. The first-order chi connectivity index (χ1) is 11.6. The summed E-state index contributed by atoms with van der Waals surface area (Å²) in [5, 5.41) is 4.06. The number of imidazole rings is 1. The first kappa shape index (κ1) is 15.1. The number of fused-ring (bicyclic) bond motifs is 1. The lowest BCUT2D eigenvalue weighted by Crippen LogP contribution is -2.41. The topological polar surface area (TPSA) is 74.2 Å². The van der Waals surface area contributed by atoms with E-state index >= 15 is 0 Å². The molecule has 1 saturated carbocycles. The van der Waals surface area contributed by atoms with Crippen LogP contribution in [0.25, 0.3) is 11.3 Å². The van der Waals surface area contributed by atoms with Gasteiger partial charge in [-0.15, -0.1) is 11.6 Å². The van der Waals surface area contributed by atoms with Crippen LogP contribution in [0.15, 0.2) is 34.4 Å². The highest BCUT2D eigenvalue weighted by molar-refractivity contribution is 6.16. The Morgan fingerprint density at radius 1 is 1.25 bits per heavy atom. The summed E-state index contributed by atoms with van der Waals surface area (Å²) in [4.78, 5) is 29.1. The van der Waals surface area contributed by atoms with Crippen LogP contribution in [0, 0.1) is 0 Å². The SMILES string of the molecule is CCn1ncn(-c2cc(C3CC3)cn3cc(CCl)nc23)c(=O)c1=O. The predicted molar refractivity (Wildman–Crippen MR) is 90.1 cm³/mol. The van der Waals surface area contributed by atoms with E-state index < -0.39 is 11.1 Å². The molecule has 0 unspecified atom stereocenters. The van der Waals surface area contributed by atoms with Gasteiger partial charge in [-0.3, -0.25) is 14.2 Å². The summed E-state index contributed by atoms with van der Waals surface area (Å²) in [6.45, 7) is 2.12. The van der Waals surface area contributed by atoms with Crippen LogP contribution in [-0.4, -0.2) is 23.7 Å². The van der Waals surface area contributed by atoms with Gasteiger partial charge in [0.1, 0.15) is 6.33 Å². The zero-order valence-electron chi connectivity index (χ0n) is 13.1. The van der Waals surface area contributed by atoms with Crippen molar-refractivity contribution in [3.63, 3.8) is 0 Å². The van der Waals surface area contributed by atoms with Gasteiger partial charge in [-0.2, -0.15) is 5.10 Å². The number of rotatable bonds is 4. The Bertz CT molecular complexity index is 1040. The molecule has 1 fully saturated rings. The fourth-order valence-electron chi connectivity index (χ4n) is 2.86. The fraction of sp³-hybridized carbons (Fsp3) is 0.375. The Labute approximate surface area is 142 Å². The molecule has 0 N–H and O–H groups in total. The lowest BCUT2D eigenvalue weighted by Gasteiger charge is -2.10. The summed E-state index contributed by atoms with van der Waals surface area (Å²) in [5.74, 6) is 0.777. The molecule has 7 nitrogen and oxygen atoms in total. The van der Waals surface area contributed by atoms with Crippen LogP contribution in [0.1, 0.15) is 36.9 Å². The van der Waals surface area contributed by atoms with Crippen molar-refractivity contribution in [1.29, 1.82) is 0 Å². The van der Waals surface area contributed by atoms with Gasteiger partial charge in [-0.1, -0.05) is 0 Å². The molecule has 3 aromatic rings. The Balaban J connectivity index is 2.01. The standard InChI is InChI=1S/C16H16ClN5O2/c1-2-22-16(24)15(23)21(9-18-22)13-5-11(10-3-4-10)7-20-8-12(6-17)19-14(13)20/h5,7-10H,2-4,6H2,1H3. The molecular formula is C16H16ClN5O2. The van der Waals surface area contributed by atoms with Gasteiger partial charge in [0.25, 0.3) is 0 Å². The molecule has 0 radical (unpaired) electrons. The molecule has 0 spiro atoms. The molecule has 24 heavy (non-hydrogen) atoms. The van der Waals surface area contributed by atoms with Crippen LogP contribution in [-0.2, 0) is 12.4 Å². The van der Waals surface area contributed by atoms with Gasteiger partial charge >= 0.3 is 11.1 Å². The molecule has 0 amide bonds. The molecule has 1 aliphatic rings. The second kappa shape index (κ2) is 5.59. The van der Waals surface area contributed by atoms with E-state index in [2.05, 4.69) is 10.1 Å². The molecule has 4 rings (SSSR count). The van der Waals surface area contributed by atoms with Crippen molar-refractivity contribution in [3.05, 3.63) is 56.8 Å². The lowest BCUT2D eigenvalue weighted by molar-refractivity contribution is 0.581. The molecule has 0 atom stereocenters. The summed E-state index contributed by atoms with van der Waals surface area (Å²) in [6, 6.07) is 1.93. The molecule has 0 aliphatic heterocycles. The van der Waals surface area contributed by atoms with E-state index in [1.807, 2.05) is 22.9 Å². The predicted octanol–water partition coefficient (Wildman–Crippen LogP) is 1.68. The second-order valence-electron chi connectivity index (χ2n) is 5.96. The van der Waals surface area contributed by atoms with Gasteiger partial charge in [0.2, 0.25) is 0 Å². The van der Waals surface area contributed by atoms with Gasteiger partial charge in [0, 0.05) is 18.9 Å². The number of alkyl halides is 1. The van der Waals surface area contributed by atoms with Gasteiger partial charge in [-0.25, -0.2) is 9.67 Å². The first-order valence-electron chi connectivity index (χ1n) is 7.89. The van der Waals surface area contributed by atoms with Gasteiger partial charge in [-0.05, 0) is 37.3 Å². The minimum atomic E-state index is -0.640. The zero-order valence-corrected chi connectivity index (χ0v) is 13.9. The third kappa shape index (κ3) is 2.36. The minimum absolute atomic E-state index is 0.282. The minimum Gasteiger partial charge on any atom is -0.305 e. The summed E-state index contributed by atoms with van der Waals surface area (Å²) in [6.07, 6.45) is 7.52. The van der Waals surface area contributed by atoms with E-state index in [0.29, 0.717) is 29.5 Å². The van der Waals surface area contributed by atoms with E-state index in [4.69, 9.17) is 11.6 Å². The number of halogens is 1. The Morgan fingerprint density at radius 3 is 2.71 bits per heavy atom. The number of aromatic nitrogens is 5. The lowest BCUT2D eigenvalue weighted by atomic mass is 10.2. The van der Waals surface area contributed by atoms with Gasteiger partial charge in [0.15, 0.2) is 5.65 Å². The maximum absolute atomic E-state index is 12.5. The third-order valence-corrected chi connectivity index (χ3v) is 4.56. The molecule has 124 valence electrons. The summed E-state index contributed by atoms with van der Waals surface area (Å²) >= 11 is 5.90. The molecule has 3 aromatic heterocycles. The number of hydrogen-bond acceptors (Lipinski definition) is 4. The van der Waals surface area contributed by atoms with Crippen LogP contribution < -0.4 is 11.1 Å². The van der Waals surface area contributed by atoms with Crippen molar-refractivity contribution in [2.75, 3.05) is 0 Å². The van der Waals surface area contributed by atoms with Crippen molar-refractivity contribution < 1.29 is 0 Å². The van der Waals surface area contributed by atoms with Crippen LogP contribution in [0.3, 0.4) is 0 Å². The Hall–Kier alpha value is -2.41. The third-order valence-electron chi connectivity index (χ3n) is 4.29. The summed E-state index contributed by atoms with van der Waals surface area (Å²) in [7, 11) is 0. The van der Waals surface area contributed by atoms with Crippen molar-refractivity contribution >= 4 is 17.2 Å². The monoisotopic (exact) mass is 345 g/mol. The molecule has 0 aromatic carbocycles. The Kier molecular flexibility index (Phi) is 3.53. The molecule has 0 bridgehead atoms. The number of hydrogen-bond donors (Lipinski definition) is 0. The van der Waals surface area contributed by atoms with Crippen LogP contribution >= 0.6 is 11.6 Å². The van der Waals surface area contributed by atoms with Gasteiger partial charge < -0.3 is 4.40 Å². The molecule has 8 heteroatoms. The van der Waals surface area contributed by atoms with Crippen LogP contribution in [0.5, 0.6) is 0 Å². The van der Waals surface area contributed by atoms with Gasteiger partial charge in [0.05, 0.1) is 17.3 Å². The van der Waals surface area contributed by atoms with Crippen molar-refractivity contribution in [2.24, 2.45) is 0 Å². The summed E-state index contributed by atoms with van der Waals surface area (Å²) < 4.78 is 4.30. The number of nitrogens with zero attached hydrogens (tertiary/aromatic N) is 5. The highest BCUT2D eigenvalue weighted by atomic mass is 35.5.